The van der Waals surface area contributed by atoms with E-state index in [0.29, 0.717) is 18.8 Å². The lowest BCUT2D eigenvalue weighted by atomic mass is 10.0. The van der Waals surface area contributed by atoms with Crippen molar-refractivity contribution in [2.75, 3.05) is 26.4 Å². The molecule has 6 heteroatoms. The summed E-state index contributed by atoms with van der Waals surface area (Å²) in [6.07, 6.45) is 3.08. The molecule has 3 atom stereocenters. The lowest BCUT2D eigenvalue weighted by molar-refractivity contribution is -0.0521. The van der Waals surface area contributed by atoms with Gasteiger partial charge in [-0.3, -0.25) is 4.90 Å². The van der Waals surface area contributed by atoms with E-state index in [9.17, 15) is 0 Å². The van der Waals surface area contributed by atoms with Gasteiger partial charge in [-0.05, 0) is 46.5 Å². The summed E-state index contributed by atoms with van der Waals surface area (Å²) >= 11 is 3.57. The van der Waals surface area contributed by atoms with Crippen LogP contribution in [0.5, 0.6) is 11.5 Å². The van der Waals surface area contributed by atoms with Crippen LogP contribution in [0.15, 0.2) is 16.6 Å². The summed E-state index contributed by atoms with van der Waals surface area (Å²) in [4.78, 5) is 2.45. The van der Waals surface area contributed by atoms with Crippen molar-refractivity contribution in [3.05, 3.63) is 22.2 Å². The van der Waals surface area contributed by atoms with Gasteiger partial charge in [-0.15, -0.1) is 0 Å². The SMILES string of the molecule is NCC(c1cc(Br)c2c(c1)OCO2)N1CC2CCC(C1)O2. The molecular weight excluding hydrogens is 336 g/mol. The highest BCUT2D eigenvalue weighted by Crippen LogP contribution is 2.42. The Morgan fingerprint density at radius 3 is 2.71 bits per heavy atom. The lowest BCUT2D eigenvalue weighted by Gasteiger charge is -2.37. The van der Waals surface area contributed by atoms with Gasteiger partial charge in [0.05, 0.1) is 16.7 Å². The van der Waals surface area contributed by atoms with E-state index in [1.807, 2.05) is 0 Å². The first kappa shape index (κ1) is 13.8. The molecule has 4 rings (SSSR count). The second-order valence-electron chi connectivity index (χ2n) is 5.90. The molecule has 0 aromatic heterocycles. The molecule has 1 aromatic rings. The molecule has 2 bridgehead atoms. The molecule has 3 aliphatic rings. The third-order valence-corrected chi connectivity index (χ3v) is 5.16. The Labute approximate surface area is 132 Å². The fourth-order valence-corrected chi connectivity index (χ4v) is 4.15. The summed E-state index contributed by atoms with van der Waals surface area (Å²) in [5.74, 6) is 1.59. The van der Waals surface area contributed by atoms with E-state index >= 15 is 0 Å². The van der Waals surface area contributed by atoms with E-state index in [1.165, 1.54) is 18.4 Å². The van der Waals surface area contributed by atoms with Crippen LogP contribution in [0.1, 0.15) is 24.4 Å². The van der Waals surface area contributed by atoms with Crippen LogP contribution in [0.3, 0.4) is 0 Å². The van der Waals surface area contributed by atoms with Crippen LogP contribution in [0.2, 0.25) is 0 Å². The quantitative estimate of drug-likeness (QED) is 0.899. The highest BCUT2D eigenvalue weighted by molar-refractivity contribution is 9.10. The third-order valence-electron chi connectivity index (χ3n) is 4.57. The monoisotopic (exact) mass is 354 g/mol. The summed E-state index contributed by atoms with van der Waals surface area (Å²) < 4.78 is 17.8. The molecular formula is C15H19BrN2O3. The minimum Gasteiger partial charge on any atom is -0.454 e. The van der Waals surface area contributed by atoms with Gasteiger partial charge in [-0.25, -0.2) is 0 Å². The Hall–Kier alpha value is -0.820. The van der Waals surface area contributed by atoms with Gasteiger partial charge in [0.2, 0.25) is 6.79 Å². The van der Waals surface area contributed by atoms with Crippen LogP contribution < -0.4 is 15.2 Å². The van der Waals surface area contributed by atoms with E-state index in [1.54, 1.807) is 0 Å². The third kappa shape index (κ3) is 2.44. The van der Waals surface area contributed by atoms with Crippen molar-refractivity contribution in [2.24, 2.45) is 5.73 Å². The molecule has 1 aromatic carbocycles. The highest BCUT2D eigenvalue weighted by Gasteiger charge is 2.37. The smallest absolute Gasteiger partial charge is 0.231 e. The summed E-state index contributed by atoms with van der Waals surface area (Å²) in [6.45, 7) is 2.80. The maximum absolute atomic E-state index is 6.07. The van der Waals surface area contributed by atoms with Gasteiger partial charge >= 0.3 is 0 Å². The van der Waals surface area contributed by atoms with Crippen molar-refractivity contribution in [2.45, 2.75) is 31.1 Å². The molecule has 0 amide bonds. The maximum Gasteiger partial charge on any atom is 0.231 e. The number of hydrogen-bond acceptors (Lipinski definition) is 5. The maximum atomic E-state index is 6.07. The molecule has 0 radical (unpaired) electrons. The minimum atomic E-state index is 0.197. The zero-order valence-corrected chi connectivity index (χ0v) is 13.3. The molecule has 2 fully saturated rings. The van der Waals surface area contributed by atoms with Gasteiger partial charge in [0.1, 0.15) is 0 Å². The van der Waals surface area contributed by atoms with Gasteiger partial charge in [0.25, 0.3) is 0 Å². The fraction of sp³-hybridized carbons (Fsp3) is 0.600. The average Bonchev–Trinajstić information content (AvgIpc) is 3.07. The first-order valence-electron chi connectivity index (χ1n) is 7.43. The number of ether oxygens (including phenoxy) is 3. The molecule has 2 N–H and O–H groups in total. The van der Waals surface area contributed by atoms with E-state index in [0.717, 1.165) is 29.1 Å². The van der Waals surface area contributed by atoms with Crippen LogP contribution in [-0.4, -0.2) is 43.5 Å². The molecule has 3 heterocycles. The van der Waals surface area contributed by atoms with Gasteiger partial charge in [-0.1, -0.05) is 0 Å². The van der Waals surface area contributed by atoms with Crippen molar-refractivity contribution >= 4 is 15.9 Å². The molecule has 2 saturated heterocycles. The summed E-state index contributed by atoms with van der Waals surface area (Å²) in [5.41, 5.74) is 7.25. The average molecular weight is 355 g/mol. The van der Waals surface area contributed by atoms with E-state index in [4.69, 9.17) is 19.9 Å². The van der Waals surface area contributed by atoms with E-state index < -0.39 is 0 Å². The fourth-order valence-electron chi connectivity index (χ4n) is 3.58. The Balaban J connectivity index is 1.62. The van der Waals surface area contributed by atoms with Crippen molar-refractivity contribution in [1.82, 2.24) is 4.90 Å². The first-order chi connectivity index (χ1) is 10.2. The molecule has 3 aliphatic heterocycles. The Bertz CT molecular complexity index is 542. The number of rotatable bonds is 3. The van der Waals surface area contributed by atoms with Crippen LogP contribution in [0.4, 0.5) is 0 Å². The second kappa shape index (κ2) is 5.43. The van der Waals surface area contributed by atoms with Gasteiger partial charge in [-0.2, -0.15) is 0 Å². The zero-order valence-electron chi connectivity index (χ0n) is 11.8. The molecule has 3 unspecified atom stereocenters. The molecule has 114 valence electrons. The number of halogens is 1. The Morgan fingerprint density at radius 1 is 1.24 bits per heavy atom. The van der Waals surface area contributed by atoms with Crippen molar-refractivity contribution in [1.29, 1.82) is 0 Å². The predicted molar refractivity (Wildman–Crippen MR) is 81.5 cm³/mol. The number of benzene rings is 1. The Morgan fingerprint density at radius 2 is 2.00 bits per heavy atom. The summed E-state index contributed by atoms with van der Waals surface area (Å²) in [6, 6.07) is 4.35. The molecule has 0 saturated carbocycles. The van der Waals surface area contributed by atoms with E-state index in [2.05, 4.69) is 33.0 Å². The number of hydrogen-bond donors (Lipinski definition) is 1. The summed E-state index contributed by atoms with van der Waals surface area (Å²) in [7, 11) is 0. The standard InChI is InChI=1S/C15H19BrN2O3/c16-12-3-9(4-14-15(12)20-8-19-14)13(5-17)18-6-10-1-2-11(7-18)21-10/h3-4,10-11,13H,1-2,5-8,17H2. The van der Waals surface area contributed by atoms with Crippen molar-refractivity contribution in [3.8, 4) is 11.5 Å². The highest BCUT2D eigenvalue weighted by atomic mass is 79.9. The predicted octanol–water partition coefficient (Wildman–Crippen LogP) is 2.04. The zero-order chi connectivity index (χ0) is 14.4. The van der Waals surface area contributed by atoms with Crippen molar-refractivity contribution in [3.63, 3.8) is 0 Å². The van der Waals surface area contributed by atoms with Gasteiger partial charge in [0.15, 0.2) is 11.5 Å². The van der Waals surface area contributed by atoms with Gasteiger partial charge < -0.3 is 19.9 Å². The molecule has 0 spiro atoms. The molecule has 21 heavy (non-hydrogen) atoms. The first-order valence-corrected chi connectivity index (χ1v) is 8.22. The van der Waals surface area contributed by atoms with Gasteiger partial charge in [0, 0.05) is 25.7 Å². The largest absolute Gasteiger partial charge is 0.454 e. The number of likely N-dealkylation sites (tertiary alicyclic amines) is 1. The van der Waals surface area contributed by atoms with Crippen LogP contribution in [-0.2, 0) is 4.74 Å². The second-order valence-corrected chi connectivity index (χ2v) is 6.75. The van der Waals surface area contributed by atoms with Crippen LogP contribution in [0, 0.1) is 0 Å². The topological polar surface area (TPSA) is 57.0 Å². The Kier molecular flexibility index (Phi) is 3.57. The normalized spacial score (nSPS) is 28.9. The van der Waals surface area contributed by atoms with Crippen molar-refractivity contribution < 1.29 is 14.2 Å². The van der Waals surface area contributed by atoms with Crippen LogP contribution >= 0.6 is 15.9 Å². The number of nitrogens with zero attached hydrogens (tertiary/aromatic N) is 1. The minimum absolute atomic E-state index is 0.197. The number of fused-ring (bicyclic) bond motifs is 3. The summed E-state index contributed by atoms with van der Waals surface area (Å²) in [5, 5.41) is 0. The number of morpholine rings is 1. The lowest BCUT2D eigenvalue weighted by Crippen LogP contribution is -2.46. The molecule has 5 nitrogen and oxygen atoms in total. The molecule has 0 aliphatic carbocycles. The van der Waals surface area contributed by atoms with Crippen LogP contribution in [0.25, 0.3) is 0 Å². The number of nitrogens with two attached hydrogens (primary N) is 1. The van der Waals surface area contributed by atoms with E-state index in [-0.39, 0.29) is 12.8 Å².